The molecular formula is C17H33ClN2O. The van der Waals surface area contributed by atoms with E-state index >= 15 is 0 Å². The van der Waals surface area contributed by atoms with E-state index in [9.17, 15) is 4.79 Å². The van der Waals surface area contributed by atoms with E-state index in [-0.39, 0.29) is 18.3 Å². The van der Waals surface area contributed by atoms with Crippen LogP contribution >= 0.6 is 12.4 Å². The molecule has 0 spiro atoms. The number of amides is 1. The fourth-order valence-corrected chi connectivity index (χ4v) is 3.86. The fraction of sp³-hybridized carbons (Fsp3) is 0.941. The van der Waals surface area contributed by atoms with Crippen molar-refractivity contribution < 1.29 is 4.79 Å². The van der Waals surface area contributed by atoms with E-state index in [0.717, 1.165) is 37.9 Å². The molecule has 4 heteroatoms. The first kappa shape index (κ1) is 18.8. The Hall–Kier alpha value is -0.280. The van der Waals surface area contributed by atoms with Crippen LogP contribution in [-0.4, -0.2) is 25.5 Å². The molecule has 0 radical (unpaired) electrons. The van der Waals surface area contributed by atoms with Crippen molar-refractivity contribution in [2.75, 3.05) is 19.6 Å². The summed E-state index contributed by atoms with van der Waals surface area (Å²) in [4.78, 5) is 12.0. The molecule has 1 aliphatic carbocycles. The normalized spacial score (nSPS) is 21.8. The highest BCUT2D eigenvalue weighted by Crippen LogP contribution is 2.28. The number of carbonyl (C=O) groups is 1. The minimum Gasteiger partial charge on any atom is -0.356 e. The maximum Gasteiger partial charge on any atom is 0.220 e. The predicted molar refractivity (Wildman–Crippen MR) is 90.8 cm³/mol. The third-order valence-electron chi connectivity index (χ3n) is 5.28. The Balaban J connectivity index is 0.00000220. The zero-order valence-electron chi connectivity index (χ0n) is 13.5. The maximum absolute atomic E-state index is 12.0. The lowest BCUT2D eigenvalue weighted by Gasteiger charge is -2.27. The maximum atomic E-state index is 12.0. The van der Waals surface area contributed by atoms with Crippen molar-refractivity contribution in [3.8, 4) is 0 Å². The highest BCUT2D eigenvalue weighted by molar-refractivity contribution is 5.85. The standard InChI is InChI=1S/C17H32N2O.ClH/c1-14(16-8-11-18-12-9-16)13-17(20)19-10-4-7-15-5-2-3-6-15;/h14-16,18H,2-13H2,1H3,(H,19,20);1H. The minimum absolute atomic E-state index is 0. The highest BCUT2D eigenvalue weighted by Gasteiger charge is 2.21. The van der Waals surface area contributed by atoms with Gasteiger partial charge in [-0.2, -0.15) is 0 Å². The van der Waals surface area contributed by atoms with Gasteiger partial charge < -0.3 is 10.6 Å². The third-order valence-corrected chi connectivity index (χ3v) is 5.28. The van der Waals surface area contributed by atoms with Gasteiger partial charge in [-0.05, 0) is 56.5 Å². The number of rotatable bonds is 7. The summed E-state index contributed by atoms with van der Waals surface area (Å²) in [5.41, 5.74) is 0. The number of hydrogen-bond donors (Lipinski definition) is 2. The SMILES string of the molecule is CC(CC(=O)NCCCC1CCCC1)C1CCNCC1.Cl. The summed E-state index contributed by atoms with van der Waals surface area (Å²) >= 11 is 0. The van der Waals surface area contributed by atoms with Gasteiger partial charge in [0, 0.05) is 13.0 Å². The second kappa shape index (κ2) is 10.4. The van der Waals surface area contributed by atoms with Crippen LogP contribution in [0.4, 0.5) is 0 Å². The average molecular weight is 317 g/mol. The summed E-state index contributed by atoms with van der Waals surface area (Å²) < 4.78 is 0. The topological polar surface area (TPSA) is 41.1 Å². The Morgan fingerprint density at radius 2 is 1.86 bits per heavy atom. The van der Waals surface area contributed by atoms with Crippen LogP contribution in [0.25, 0.3) is 0 Å². The quantitative estimate of drug-likeness (QED) is 0.706. The summed E-state index contributed by atoms with van der Waals surface area (Å²) in [7, 11) is 0. The second-order valence-corrected chi connectivity index (χ2v) is 6.91. The molecule has 0 aromatic carbocycles. The van der Waals surface area contributed by atoms with Crippen LogP contribution < -0.4 is 10.6 Å². The van der Waals surface area contributed by atoms with Gasteiger partial charge in [-0.1, -0.05) is 32.6 Å². The molecule has 2 N–H and O–H groups in total. The first-order chi connectivity index (χ1) is 9.75. The molecule has 2 fully saturated rings. The molecule has 1 saturated carbocycles. The molecule has 1 aliphatic heterocycles. The molecule has 1 heterocycles. The molecule has 0 aromatic rings. The molecule has 124 valence electrons. The van der Waals surface area contributed by atoms with Gasteiger partial charge in [0.1, 0.15) is 0 Å². The first-order valence-electron chi connectivity index (χ1n) is 8.73. The number of nitrogens with one attached hydrogen (secondary N) is 2. The molecule has 1 atom stereocenters. The van der Waals surface area contributed by atoms with E-state index in [2.05, 4.69) is 17.6 Å². The Bertz CT molecular complexity index is 287. The lowest BCUT2D eigenvalue weighted by atomic mass is 9.84. The molecule has 0 aromatic heterocycles. The van der Waals surface area contributed by atoms with Crippen LogP contribution in [0.15, 0.2) is 0 Å². The van der Waals surface area contributed by atoms with Gasteiger partial charge in [-0.25, -0.2) is 0 Å². The molecule has 3 nitrogen and oxygen atoms in total. The lowest BCUT2D eigenvalue weighted by Crippen LogP contribution is -2.33. The zero-order valence-corrected chi connectivity index (χ0v) is 14.4. The molecule has 1 amide bonds. The fourth-order valence-electron chi connectivity index (χ4n) is 3.86. The van der Waals surface area contributed by atoms with E-state index in [1.165, 1.54) is 44.9 Å². The van der Waals surface area contributed by atoms with E-state index in [0.29, 0.717) is 12.3 Å². The van der Waals surface area contributed by atoms with Gasteiger partial charge in [0.15, 0.2) is 0 Å². The van der Waals surface area contributed by atoms with Crippen LogP contribution in [-0.2, 0) is 4.79 Å². The largest absolute Gasteiger partial charge is 0.356 e. The van der Waals surface area contributed by atoms with E-state index in [4.69, 9.17) is 0 Å². The monoisotopic (exact) mass is 316 g/mol. The van der Waals surface area contributed by atoms with Crippen molar-refractivity contribution >= 4 is 18.3 Å². The van der Waals surface area contributed by atoms with Crippen LogP contribution in [0.5, 0.6) is 0 Å². The van der Waals surface area contributed by atoms with Crippen LogP contribution in [0.1, 0.15) is 64.7 Å². The predicted octanol–water partition coefficient (Wildman–Crippen LogP) is 3.52. The molecule has 1 unspecified atom stereocenters. The zero-order chi connectivity index (χ0) is 14.2. The number of carbonyl (C=O) groups excluding carboxylic acids is 1. The summed E-state index contributed by atoms with van der Waals surface area (Å²) in [6.45, 7) is 5.37. The Kier molecular flexibility index (Phi) is 9.34. The van der Waals surface area contributed by atoms with E-state index in [1.54, 1.807) is 0 Å². The van der Waals surface area contributed by atoms with Crippen molar-refractivity contribution in [2.45, 2.75) is 64.7 Å². The van der Waals surface area contributed by atoms with E-state index in [1.807, 2.05) is 0 Å². The van der Waals surface area contributed by atoms with Crippen molar-refractivity contribution in [1.29, 1.82) is 0 Å². The van der Waals surface area contributed by atoms with Gasteiger partial charge in [0.25, 0.3) is 0 Å². The van der Waals surface area contributed by atoms with Crippen molar-refractivity contribution in [1.82, 2.24) is 10.6 Å². The summed E-state index contributed by atoms with van der Waals surface area (Å²) in [5, 5.41) is 6.51. The van der Waals surface area contributed by atoms with Crippen LogP contribution in [0, 0.1) is 17.8 Å². The molecular weight excluding hydrogens is 284 g/mol. The van der Waals surface area contributed by atoms with Gasteiger partial charge in [-0.15, -0.1) is 12.4 Å². The highest BCUT2D eigenvalue weighted by atomic mass is 35.5. The van der Waals surface area contributed by atoms with Gasteiger partial charge >= 0.3 is 0 Å². The number of hydrogen-bond acceptors (Lipinski definition) is 2. The average Bonchev–Trinajstić information content (AvgIpc) is 2.98. The molecule has 2 aliphatic rings. The molecule has 21 heavy (non-hydrogen) atoms. The third kappa shape index (κ3) is 7.01. The Morgan fingerprint density at radius 1 is 1.19 bits per heavy atom. The van der Waals surface area contributed by atoms with Crippen molar-refractivity contribution in [3.63, 3.8) is 0 Å². The first-order valence-corrected chi connectivity index (χ1v) is 8.73. The second-order valence-electron chi connectivity index (χ2n) is 6.91. The molecule has 1 saturated heterocycles. The van der Waals surface area contributed by atoms with Gasteiger partial charge in [0.05, 0.1) is 0 Å². The minimum atomic E-state index is 0. The van der Waals surface area contributed by atoms with Crippen molar-refractivity contribution in [2.24, 2.45) is 17.8 Å². The van der Waals surface area contributed by atoms with Crippen LogP contribution in [0.2, 0.25) is 0 Å². The van der Waals surface area contributed by atoms with Gasteiger partial charge in [-0.3, -0.25) is 4.79 Å². The molecule has 0 bridgehead atoms. The Labute approximate surface area is 136 Å². The lowest BCUT2D eigenvalue weighted by molar-refractivity contribution is -0.122. The van der Waals surface area contributed by atoms with Crippen molar-refractivity contribution in [3.05, 3.63) is 0 Å². The summed E-state index contributed by atoms with van der Waals surface area (Å²) in [5.74, 6) is 2.48. The summed E-state index contributed by atoms with van der Waals surface area (Å²) in [6.07, 6.45) is 11.3. The summed E-state index contributed by atoms with van der Waals surface area (Å²) in [6, 6.07) is 0. The van der Waals surface area contributed by atoms with Crippen LogP contribution in [0.3, 0.4) is 0 Å². The Morgan fingerprint density at radius 3 is 2.52 bits per heavy atom. The molecule has 2 rings (SSSR count). The van der Waals surface area contributed by atoms with E-state index < -0.39 is 0 Å². The van der Waals surface area contributed by atoms with Gasteiger partial charge in [0.2, 0.25) is 5.91 Å². The number of piperidine rings is 1. The smallest absolute Gasteiger partial charge is 0.220 e. The number of halogens is 1.